The first kappa shape index (κ1) is 14.9. The molecular weight excluding hydrogens is 311 g/mol. The van der Waals surface area contributed by atoms with Crippen LogP contribution < -0.4 is 16.0 Å². The second-order valence-electron chi connectivity index (χ2n) is 5.46. The first-order valence-electron chi connectivity index (χ1n) is 7.93. The molecule has 0 aliphatic rings. The molecule has 0 aliphatic heterocycles. The van der Waals surface area contributed by atoms with E-state index in [9.17, 15) is 0 Å². The van der Waals surface area contributed by atoms with Crippen molar-refractivity contribution in [1.29, 1.82) is 0 Å². The van der Waals surface area contributed by atoms with Gasteiger partial charge in [-0.2, -0.15) is 5.10 Å². The van der Waals surface area contributed by atoms with Gasteiger partial charge in [0.25, 0.3) is 0 Å². The van der Waals surface area contributed by atoms with Gasteiger partial charge < -0.3 is 0 Å². The molecule has 24 heavy (non-hydrogen) atoms. The number of rotatable bonds is 4. The summed E-state index contributed by atoms with van der Waals surface area (Å²) in [5, 5.41) is 7.51. The second-order valence-corrected chi connectivity index (χ2v) is 7.62. The Kier molecular flexibility index (Phi) is 4.22. The van der Waals surface area contributed by atoms with Gasteiger partial charge in [0.2, 0.25) is 0 Å². The Morgan fingerprint density at radius 1 is 0.583 bits per heavy atom. The molecular formula is C21H17N2P. The Bertz CT molecular complexity index is 863. The summed E-state index contributed by atoms with van der Waals surface area (Å²) in [6.07, 6.45) is 2.05. The largest absolute Gasteiger partial charge is 0.240 e. The van der Waals surface area contributed by atoms with E-state index < -0.39 is 7.92 Å². The molecule has 116 valence electrons. The van der Waals surface area contributed by atoms with E-state index in [1.54, 1.807) is 0 Å². The molecule has 0 aliphatic carbocycles. The smallest absolute Gasteiger partial charge is 0.0945 e. The average molecular weight is 328 g/mol. The van der Waals surface area contributed by atoms with Gasteiger partial charge in [-0.25, -0.2) is 4.68 Å². The lowest BCUT2D eigenvalue weighted by Crippen LogP contribution is -2.22. The Morgan fingerprint density at radius 3 is 1.62 bits per heavy atom. The van der Waals surface area contributed by atoms with Crippen LogP contribution >= 0.6 is 7.92 Å². The van der Waals surface area contributed by atoms with Gasteiger partial charge in [0.1, 0.15) is 0 Å². The molecule has 1 heterocycles. The molecule has 1 aromatic heterocycles. The third-order valence-corrected chi connectivity index (χ3v) is 6.18. The first-order chi connectivity index (χ1) is 11.9. The van der Waals surface area contributed by atoms with Gasteiger partial charge in [0, 0.05) is 14.1 Å². The minimum Gasteiger partial charge on any atom is -0.240 e. The molecule has 3 aromatic carbocycles. The standard InChI is InChI=1S/C21H17N2P/c1-4-10-18(11-5-1)23-17-16-21(22-23)24(19-12-6-2-7-13-19)20-14-8-3-9-15-20/h1-17H. The summed E-state index contributed by atoms with van der Waals surface area (Å²) in [6, 6.07) is 33.7. The topological polar surface area (TPSA) is 17.8 Å². The number of hydrogen-bond donors (Lipinski definition) is 0. The summed E-state index contributed by atoms with van der Waals surface area (Å²) in [4.78, 5) is 0. The Hall–Kier alpha value is -2.70. The van der Waals surface area contributed by atoms with Crippen LogP contribution in [-0.4, -0.2) is 9.78 Å². The molecule has 4 aromatic rings. The Morgan fingerprint density at radius 2 is 1.08 bits per heavy atom. The normalized spacial score (nSPS) is 10.9. The molecule has 0 atom stereocenters. The lowest BCUT2D eigenvalue weighted by Gasteiger charge is -2.16. The number of para-hydroxylation sites is 1. The Labute approximate surface area is 143 Å². The minimum absolute atomic E-state index is 0.647. The van der Waals surface area contributed by atoms with Crippen molar-refractivity contribution in [2.24, 2.45) is 0 Å². The summed E-state index contributed by atoms with van der Waals surface area (Å²) in [6.45, 7) is 0. The lowest BCUT2D eigenvalue weighted by atomic mass is 10.3. The Balaban J connectivity index is 1.79. The highest BCUT2D eigenvalue weighted by Crippen LogP contribution is 2.31. The maximum absolute atomic E-state index is 4.88. The lowest BCUT2D eigenvalue weighted by molar-refractivity contribution is 0.892. The number of aromatic nitrogens is 2. The van der Waals surface area contributed by atoms with Crippen LogP contribution in [0.25, 0.3) is 5.69 Å². The highest BCUT2D eigenvalue weighted by atomic mass is 31.1. The fourth-order valence-electron chi connectivity index (χ4n) is 2.73. The molecule has 0 radical (unpaired) electrons. The fraction of sp³-hybridized carbons (Fsp3) is 0. The van der Waals surface area contributed by atoms with Crippen molar-refractivity contribution in [3.8, 4) is 5.69 Å². The van der Waals surface area contributed by atoms with E-state index >= 15 is 0 Å². The molecule has 0 fully saturated rings. The minimum atomic E-state index is -0.647. The van der Waals surface area contributed by atoms with Gasteiger partial charge in [-0.3, -0.25) is 0 Å². The maximum Gasteiger partial charge on any atom is 0.0945 e. The third kappa shape index (κ3) is 3.02. The molecule has 3 heteroatoms. The summed E-state index contributed by atoms with van der Waals surface area (Å²) >= 11 is 0. The molecule has 2 nitrogen and oxygen atoms in total. The van der Waals surface area contributed by atoms with Gasteiger partial charge in [0.05, 0.1) is 11.1 Å². The molecule has 0 bridgehead atoms. The van der Waals surface area contributed by atoms with E-state index in [1.165, 1.54) is 10.6 Å². The van der Waals surface area contributed by atoms with Gasteiger partial charge in [-0.05, 0) is 28.8 Å². The van der Waals surface area contributed by atoms with Gasteiger partial charge >= 0.3 is 0 Å². The second kappa shape index (κ2) is 6.82. The quantitative estimate of drug-likeness (QED) is 0.523. The van der Waals surface area contributed by atoms with E-state index in [1.807, 2.05) is 29.1 Å². The number of hydrogen-bond acceptors (Lipinski definition) is 1. The maximum atomic E-state index is 4.88. The van der Waals surface area contributed by atoms with E-state index in [2.05, 4.69) is 78.9 Å². The highest BCUT2D eigenvalue weighted by Gasteiger charge is 2.18. The van der Waals surface area contributed by atoms with E-state index in [4.69, 9.17) is 5.10 Å². The van der Waals surface area contributed by atoms with Crippen LogP contribution in [0.3, 0.4) is 0 Å². The predicted octanol–water partition coefficient (Wildman–Crippen LogP) is 3.63. The number of benzene rings is 3. The van der Waals surface area contributed by atoms with Crippen molar-refractivity contribution in [3.05, 3.63) is 103 Å². The molecule has 0 unspecified atom stereocenters. The van der Waals surface area contributed by atoms with Crippen molar-refractivity contribution in [2.75, 3.05) is 0 Å². The monoisotopic (exact) mass is 328 g/mol. The zero-order chi connectivity index (χ0) is 16.2. The van der Waals surface area contributed by atoms with Crippen molar-refractivity contribution in [3.63, 3.8) is 0 Å². The first-order valence-corrected chi connectivity index (χ1v) is 9.27. The zero-order valence-electron chi connectivity index (χ0n) is 13.2. The molecule has 0 N–H and O–H groups in total. The van der Waals surface area contributed by atoms with Crippen LogP contribution in [0.2, 0.25) is 0 Å². The summed E-state index contributed by atoms with van der Waals surface area (Å²) in [5.74, 6) is 0. The van der Waals surface area contributed by atoms with Crippen LogP contribution in [-0.2, 0) is 0 Å². The van der Waals surface area contributed by atoms with Crippen LogP contribution in [0, 0.1) is 0 Å². The highest BCUT2D eigenvalue weighted by molar-refractivity contribution is 7.79. The van der Waals surface area contributed by atoms with Crippen LogP contribution in [0.15, 0.2) is 103 Å². The van der Waals surface area contributed by atoms with E-state index in [-0.39, 0.29) is 0 Å². The number of nitrogens with zero attached hydrogens (tertiary/aromatic N) is 2. The molecule has 0 spiro atoms. The average Bonchev–Trinajstić information content (AvgIpc) is 3.14. The van der Waals surface area contributed by atoms with Crippen molar-refractivity contribution >= 4 is 24.0 Å². The fourth-order valence-corrected chi connectivity index (χ4v) is 4.90. The van der Waals surface area contributed by atoms with Crippen molar-refractivity contribution in [1.82, 2.24) is 9.78 Å². The van der Waals surface area contributed by atoms with Gasteiger partial charge in [0.15, 0.2) is 0 Å². The van der Waals surface area contributed by atoms with E-state index in [0.717, 1.165) is 11.1 Å². The molecule has 4 rings (SSSR count). The van der Waals surface area contributed by atoms with Crippen LogP contribution in [0.5, 0.6) is 0 Å². The zero-order valence-corrected chi connectivity index (χ0v) is 14.1. The van der Waals surface area contributed by atoms with Crippen molar-refractivity contribution < 1.29 is 0 Å². The van der Waals surface area contributed by atoms with Gasteiger partial charge in [-0.15, -0.1) is 0 Å². The molecule has 0 saturated heterocycles. The summed E-state index contributed by atoms with van der Waals surface area (Å²) < 4.78 is 1.95. The molecule has 0 saturated carbocycles. The van der Waals surface area contributed by atoms with Gasteiger partial charge in [-0.1, -0.05) is 78.9 Å². The SMILES string of the molecule is c1ccc(-n2ccc(P(c3ccccc3)c3ccccc3)n2)cc1. The third-order valence-electron chi connectivity index (χ3n) is 3.85. The van der Waals surface area contributed by atoms with E-state index in [0.29, 0.717) is 0 Å². The van der Waals surface area contributed by atoms with Crippen LogP contribution in [0.4, 0.5) is 0 Å². The van der Waals surface area contributed by atoms with Crippen LogP contribution in [0.1, 0.15) is 0 Å². The summed E-state index contributed by atoms with van der Waals surface area (Å²) in [7, 11) is -0.647. The molecule has 0 amide bonds. The predicted molar refractivity (Wildman–Crippen MR) is 102 cm³/mol. The van der Waals surface area contributed by atoms with Crippen molar-refractivity contribution in [2.45, 2.75) is 0 Å². The summed E-state index contributed by atoms with van der Waals surface area (Å²) in [5.41, 5.74) is 2.20.